The molecule has 1 aromatic heterocycles. The number of carbonyl (C=O) groups is 3. The average Bonchev–Trinajstić information content (AvgIpc) is 3.60. The van der Waals surface area contributed by atoms with Crippen LogP contribution >= 0.6 is 0 Å². The molecule has 1 aliphatic carbocycles. The van der Waals surface area contributed by atoms with Crippen molar-refractivity contribution in [3.05, 3.63) is 77.1 Å². The molecule has 38 heavy (non-hydrogen) atoms. The van der Waals surface area contributed by atoms with Crippen LogP contribution in [0.5, 0.6) is 5.75 Å². The van der Waals surface area contributed by atoms with Gasteiger partial charge in [0.05, 0.1) is 18.2 Å². The van der Waals surface area contributed by atoms with Gasteiger partial charge in [-0.2, -0.15) is 0 Å². The van der Waals surface area contributed by atoms with Crippen LogP contribution in [0.25, 0.3) is 33.4 Å². The molecule has 0 saturated heterocycles. The Balaban J connectivity index is 1.63. The molecule has 194 valence electrons. The largest absolute Gasteiger partial charge is 0.496 e. The number of carboxylic acids is 1. The van der Waals surface area contributed by atoms with Crippen molar-refractivity contribution >= 4 is 28.8 Å². The van der Waals surface area contributed by atoms with Gasteiger partial charge in [0, 0.05) is 18.0 Å². The third kappa shape index (κ3) is 4.26. The zero-order valence-corrected chi connectivity index (χ0v) is 21.0. The molecule has 1 saturated carbocycles. The monoisotopic (exact) mass is 516 g/mol. The highest BCUT2D eigenvalue weighted by Gasteiger charge is 2.52. The summed E-state index contributed by atoms with van der Waals surface area (Å²) in [6.45, 7) is 1.86. The minimum absolute atomic E-state index is 0.200. The first kappa shape index (κ1) is 25.0. The summed E-state index contributed by atoms with van der Waals surface area (Å²) in [5, 5.41) is 15.3. The maximum atomic E-state index is 13.5. The number of carboxylic acid groups (broad SMARTS) is 1. The molecule has 2 amide bonds. The van der Waals surface area contributed by atoms with Gasteiger partial charge in [-0.15, -0.1) is 0 Å². The molecule has 0 bridgehead atoms. The van der Waals surface area contributed by atoms with Gasteiger partial charge in [0.2, 0.25) is 0 Å². The van der Waals surface area contributed by atoms with Crippen molar-refractivity contribution in [1.29, 1.82) is 0 Å². The van der Waals surface area contributed by atoms with Gasteiger partial charge >= 0.3 is 5.97 Å². The van der Waals surface area contributed by atoms with Crippen LogP contribution in [0.2, 0.25) is 0 Å². The van der Waals surface area contributed by atoms with E-state index in [0.717, 1.165) is 5.56 Å². The van der Waals surface area contributed by atoms with Crippen molar-refractivity contribution in [3.63, 3.8) is 0 Å². The van der Waals surface area contributed by atoms with Crippen LogP contribution in [0.1, 0.15) is 39.1 Å². The molecule has 1 heterocycles. The fraction of sp³-hybridized carbons (Fsp3) is 0.207. The standard InChI is InChI=1S/C29H25FN2O6/c1-15-12-23(37-3)21(26(33)32-29(10-11-29)28(35)36)14-19(15)17-6-9-22-20(13-17)24(27(34)31-2)25(38-22)16-4-7-18(30)8-5-16/h4-9,12-14H,10-11H2,1-3H3,(H,31,34)(H,32,33)(H,35,36). The number of hydrogen-bond donors (Lipinski definition) is 3. The number of ether oxygens (including phenoxy) is 1. The van der Waals surface area contributed by atoms with Gasteiger partial charge in [0.1, 0.15) is 28.4 Å². The highest BCUT2D eigenvalue weighted by Crippen LogP contribution is 2.39. The number of methoxy groups -OCH3 is 1. The van der Waals surface area contributed by atoms with Crippen molar-refractivity contribution in [3.8, 4) is 28.2 Å². The number of amides is 2. The van der Waals surface area contributed by atoms with Crippen LogP contribution in [-0.2, 0) is 4.79 Å². The Morgan fingerprint density at radius 1 is 1.00 bits per heavy atom. The Kier molecular flexibility index (Phi) is 6.14. The molecule has 5 rings (SSSR count). The van der Waals surface area contributed by atoms with E-state index in [1.807, 2.05) is 13.0 Å². The molecular weight excluding hydrogens is 491 g/mol. The van der Waals surface area contributed by atoms with Crippen LogP contribution < -0.4 is 15.4 Å². The van der Waals surface area contributed by atoms with Crippen molar-refractivity contribution in [1.82, 2.24) is 10.6 Å². The molecule has 0 aliphatic heterocycles. The number of nitrogens with one attached hydrogen (secondary N) is 2. The molecule has 8 nitrogen and oxygen atoms in total. The maximum Gasteiger partial charge on any atom is 0.329 e. The minimum Gasteiger partial charge on any atom is -0.496 e. The lowest BCUT2D eigenvalue weighted by Gasteiger charge is -2.17. The molecule has 4 aromatic rings. The second kappa shape index (κ2) is 9.33. The third-order valence-electron chi connectivity index (χ3n) is 6.86. The zero-order chi connectivity index (χ0) is 27.2. The van der Waals surface area contributed by atoms with Crippen molar-refractivity contribution in [2.24, 2.45) is 0 Å². The van der Waals surface area contributed by atoms with Gasteiger partial charge in [0.15, 0.2) is 0 Å². The van der Waals surface area contributed by atoms with E-state index in [1.165, 1.54) is 26.3 Å². The Morgan fingerprint density at radius 3 is 2.29 bits per heavy atom. The van der Waals surface area contributed by atoms with Crippen molar-refractivity contribution in [2.45, 2.75) is 25.3 Å². The second-order valence-electron chi connectivity index (χ2n) is 9.31. The van der Waals surface area contributed by atoms with Crippen LogP contribution in [0.4, 0.5) is 4.39 Å². The van der Waals surface area contributed by atoms with Crippen LogP contribution in [0.15, 0.2) is 59.0 Å². The predicted molar refractivity (Wildman–Crippen MR) is 139 cm³/mol. The van der Waals surface area contributed by atoms with Gasteiger partial charge in [-0.3, -0.25) is 9.59 Å². The Morgan fingerprint density at radius 2 is 1.68 bits per heavy atom. The number of furan rings is 1. The number of aliphatic carboxylic acids is 1. The number of hydrogen-bond acceptors (Lipinski definition) is 5. The normalized spacial score (nSPS) is 13.7. The van der Waals surface area contributed by atoms with Crippen LogP contribution in [-0.4, -0.2) is 42.6 Å². The van der Waals surface area contributed by atoms with Crippen LogP contribution in [0, 0.1) is 12.7 Å². The van der Waals surface area contributed by atoms with Gasteiger partial charge in [-0.1, -0.05) is 6.07 Å². The number of aryl methyl sites for hydroxylation is 1. The summed E-state index contributed by atoms with van der Waals surface area (Å²) >= 11 is 0. The number of benzene rings is 3. The first-order chi connectivity index (χ1) is 18.2. The first-order valence-electron chi connectivity index (χ1n) is 12.0. The summed E-state index contributed by atoms with van der Waals surface area (Å²) in [6, 6.07) is 14.4. The number of halogens is 1. The van der Waals surface area contributed by atoms with Crippen LogP contribution in [0.3, 0.4) is 0 Å². The fourth-order valence-corrected chi connectivity index (χ4v) is 4.56. The van der Waals surface area contributed by atoms with Gasteiger partial charge in [0.25, 0.3) is 11.8 Å². The highest BCUT2D eigenvalue weighted by atomic mass is 19.1. The smallest absolute Gasteiger partial charge is 0.329 e. The quantitative estimate of drug-likeness (QED) is 0.321. The van der Waals surface area contributed by atoms with Gasteiger partial charge < -0.3 is 24.9 Å². The Bertz CT molecular complexity index is 1600. The molecule has 0 atom stereocenters. The van der Waals surface area contributed by atoms with E-state index in [1.54, 1.807) is 36.4 Å². The van der Waals surface area contributed by atoms with E-state index < -0.39 is 23.2 Å². The summed E-state index contributed by atoms with van der Waals surface area (Å²) in [7, 11) is 2.96. The molecule has 3 N–H and O–H groups in total. The molecule has 3 aromatic carbocycles. The number of carbonyl (C=O) groups excluding carboxylic acids is 2. The highest BCUT2D eigenvalue weighted by molar-refractivity contribution is 6.12. The van der Waals surface area contributed by atoms with E-state index in [4.69, 9.17) is 9.15 Å². The molecular formula is C29H25FN2O6. The van der Waals surface area contributed by atoms with E-state index in [2.05, 4.69) is 10.6 Å². The Labute approximate surface area is 217 Å². The SMILES string of the molecule is CNC(=O)c1c(-c2ccc(F)cc2)oc2ccc(-c3cc(C(=O)NC4(C(=O)O)CC4)c(OC)cc3C)cc12. The molecule has 1 aliphatic rings. The molecule has 0 unspecified atom stereocenters. The molecule has 9 heteroatoms. The summed E-state index contributed by atoms with van der Waals surface area (Å²) in [5.41, 5.74) is 2.49. The van der Waals surface area contributed by atoms with Crippen molar-refractivity contribution in [2.75, 3.05) is 14.2 Å². The topological polar surface area (TPSA) is 118 Å². The summed E-state index contributed by atoms with van der Waals surface area (Å²) in [6.07, 6.45) is 0.732. The third-order valence-corrected chi connectivity index (χ3v) is 6.86. The van der Waals surface area contributed by atoms with E-state index in [9.17, 15) is 23.9 Å². The second-order valence-corrected chi connectivity index (χ2v) is 9.31. The lowest BCUT2D eigenvalue weighted by Crippen LogP contribution is -2.43. The summed E-state index contributed by atoms with van der Waals surface area (Å²) in [4.78, 5) is 37.6. The van der Waals surface area contributed by atoms with E-state index >= 15 is 0 Å². The summed E-state index contributed by atoms with van der Waals surface area (Å²) < 4.78 is 25.0. The molecule has 0 radical (unpaired) electrons. The first-order valence-corrected chi connectivity index (χ1v) is 12.0. The fourth-order valence-electron chi connectivity index (χ4n) is 4.56. The van der Waals surface area contributed by atoms with Gasteiger partial charge in [-0.05, 0) is 85.0 Å². The lowest BCUT2D eigenvalue weighted by atomic mass is 9.95. The predicted octanol–water partition coefficient (Wildman–Crippen LogP) is 4.93. The molecule has 0 spiro atoms. The zero-order valence-electron chi connectivity index (χ0n) is 21.0. The minimum atomic E-state index is -1.25. The van der Waals surface area contributed by atoms with Crippen molar-refractivity contribution < 1.29 is 33.0 Å². The number of rotatable bonds is 7. The maximum absolute atomic E-state index is 13.5. The van der Waals surface area contributed by atoms with E-state index in [0.29, 0.717) is 57.6 Å². The van der Waals surface area contributed by atoms with E-state index in [-0.39, 0.29) is 11.5 Å². The van der Waals surface area contributed by atoms with Gasteiger partial charge in [-0.25, -0.2) is 9.18 Å². The molecule has 1 fully saturated rings. The number of fused-ring (bicyclic) bond motifs is 1. The average molecular weight is 517 g/mol. The lowest BCUT2D eigenvalue weighted by molar-refractivity contribution is -0.140. The Hall–Kier alpha value is -4.66. The summed E-state index contributed by atoms with van der Waals surface area (Å²) in [5.74, 6) is -1.75.